The molecular formula is C28H34O6. The fraction of sp³-hybridized carbons (Fsp3) is 0.500. The predicted octanol–water partition coefficient (Wildman–Crippen LogP) is 5.78. The van der Waals surface area contributed by atoms with Crippen molar-refractivity contribution in [3.05, 3.63) is 41.5 Å². The Morgan fingerprint density at radius 1 is 0.971 bits per heavy atom. The lowest BCUT2D eigenvalue weighted by Gasteiger charge is -2.39. The van der Waals surface area contributed by atoms with Crippen LogP contribution in [0.4, 0.5) is 0 Å². The van der Waals surface area contributed by atoms with E-state index in [0.717, 1.165) is 60.8 Å². The van der Waals surface area contributed by atoms with Crippen molar-refractivity contribution >= 4 is 11.8 Å². The molecule has 0 heterocycles. The molecule has 0 saturated heterocycles. The van der Waals surface area contributed by atoms with Crippen molar-refractivity contribution in [2.45, 2.75) is 64.9 Å². The first kappa shape index (κ1) is 24.1. The topological polar surface area (TPSA) is 71.1 Å². The van der Waals surface area contributed by atoms with Crippen LogP contribution >= 0.6 is 0 Å². The van der Waals surface area contributed by atoms with Gasteiger partial charge in [-0.15, -0.1) is 0 Å². The molecule has 0 N–H and O–H groups in total. The second kappa shape index (κ2) is 10.1. The van der Waals surface area contributed by atoms with Crippen molar-refractivity contribution in [1.29, 1.82) is 0 Å². The summed E-state index contributed by atoms with van der Waals surface area (Å²) in [4.78, 5) is 25.2. The third-order valence-corrected chi connectivity index (χ3v) is 7.26. The maximum atomic E-state index is 13.1. The van der Waals surface area contributed by atoms with Crippen molar-refractivity contribution in [3.63, 3.8) is 0 Å². The largest absolute Gasteiger partial charge is 0.493 e. The lowest BCUT2D eigenvalue weighted by atomic mass is 9.69. The number of ketones is 1. The van der Waals surface area contributed by atoms with Crippen LogP contribution in [0.25, 0.3) is 11.1 Å². The molecular weight excluding hydrogens is 432 g/mol. The highest BCUT2D eigenvalue weighted by Gasteiger charge is 2.47. The molecule has 1 saturated carbocycles. The van der Waals surface area contributed by atoms with E-state index in [-0.39, 0.29) is 24.5 Å². The van der Waals surface area contributed by atoms with E-state index in [2.05, 4.69) is 6.07 Å². The first-order valence-electron chi connectivity index (χ1n) is 12.2. The summed E-state index contributed by atoms with van der Waals surface area (Å²) in [6.45, 7) is 4.28. The normalized spacial score (nSPS) is 16.1. The number of ether oxygens (including phenoxy) is 4. The molecule has 0 unspecified atom stereocenters. The van der Waals surface area contributed by atoms with E-state index >= 15 is 0 Å². The minimum absolute atomic E-state index is 0.0685. The molecule has 0 amide bonds. The molecule has 6 heteroatoms. The Hall–Kier alpha value is -3.02. The zero-order valence-electron chi connectivity index (χ0n) is 20.6. The molecule has 2 aromatic rings. The van der Waals surface area contributed by atoms with Crippen LogP contribution in [0.15, 0.2) is 30.3 Å². The molecule has 0 bridgehead atoms. The molecule has 2 aliphatic rings. The lowest BCUT2D eigenvalue weighted by Crippen LogP contribution is -2.45. The Kier molecular flexibility index (Phi) is 7.15. The predicted molar refractivity (Wildman–Crippen MR) is 130 cm³/mol. The Balaban J connectivity index is 1.67. The first-order chi connectivity index (χ1) is 16.5. The number of carbonyl (C=O) groups is 2. The van der Waals surface area contributed by atoms with Crippen LogP contribution in [0.2, 0.25) is 0 Å². The maximum absolute atomic E-state index is 13.1. The van der Waals surface area contributed by atoms with Gasteiger partial charge in [0.25, 0.3) is 0 Å². The van der Waals surface area contributed by atoms with E-state index in [1.165, 1.54) is 0 Å². The molecule has 6 nitrogen and oxygen atoms in total. The molecule has 0 aromatic heterocycles. The molecule has 34 heavy (non-hydrogen) atoms. The lowest BCUT2D eigenvalue weighted by molar-refractivity contribution is -0.170. The van der Waals surface area contributed by atoms with Crippen molar-refractivity contribution in [3.8, 4) is 28.4 Å². The summed E-state index contributed by atoms with van der Waals surface area (Å²) in [6, 6.07) is 9.66. The monoisotopic (exact) mass is 466 g/mol. The number of esters is 1. The molecule has 2 aromatic carbocycles. The Morgan fingerprint density at radius 3 is 2.32 bits per heavy atom. The number of Topliss-reactive ketones (excluding diaryl/α,β-unsaturated/α-hetero) is 1. The van der Waals surface area contributed by atoms with Gasteiger partial charge in [0.05, 0.1) is 14.2 Å². The van der Waals surface area contributed by atoms with Gasteiger partial charge in [-0.25, -0.2) is 0 Å². The van der Waals surface area contributed by atoms with Gasteiger partial charge in [0, 0.05) is 17.5 Å². The second-order valence-electron chi connectivity index (χ2n) is 9.24. The highest BCUT2D eigenvalue weighted by atomic mass is 16.6. The third kappa shape index (κ3) is 4.38. The molecule has 0 aliphatic heterocycles. The fourth-order valence-electron chi connectivity index (χ4n) is 4.85. The second-order valence-corrected chi connectivity index (χ2v) is 9.24. The van der Waals surface area contributed by atoms with Crippen LogP contribution in [-0.4, -0.2) is 38.7 Å². The Labute approximate surface area is 201 Å². The van der Waals surface area contributed by atoms with Gasteiger partial charge in [-0.2, -0.15) is 0 Å². The number of benzene rings is 2. The maximum Gasteiger partial charge on any atom is 0.315 e. The first-order valence-corrected chi connectivity index (χ1v) is 12.2. The van der Waals surface area contributed by atoms with Gasteiger partial charge < -0.3 is 18.9 Å². The number of methoxy groups -OCH3 is 2. The van der Waals surface area contributed by atoms with Crippen molar-refractivity contribution < 1.29 is 28.5 Å². The standard InChI is InChI=1S/C28H34O6/c1-5-20(6-2)34-27(30)28(14-7-15-28)17-33-25-22(11-13-24(31-3)26(25)32-4)19-8-10-21-18(16-19)9-12-23(21)29/h8,10-11,13,16,20H,5-7,9,12,14-15,17H2,1-4H3. The summed E-state index contributed by atoms with van der Waals surface area (Å²) in [5, 5.41) is 0. The number of fused-ring (bicyclic) bond motifs is 1. The van der Waals surface area contributed by atoms with E-state index in [0.29, 0.717) is 23.7 Å². The SMILES string of the molecule is CCC(CC)OC(=O)C1(COc2c(-c3ccc4c(c3)CCC4=O)ccc(OC)c2OC)CCC1. The zero-order chi connectivity index (χ0) is 24.3. The van der Waals surface area contributed by atoms with Crippen molar-refractivity contribution in [2.24, 2.45) is 5.41 Å². The number of hydrogen-bond acceptors (Lipinski definition) is 6. The molecule has 0 radical (unpaired) electrons. The average molecular weight is 467 g/mol. The van der Waals surface area contributed by atoms with E-state index in [9.17, 15) is 9.59 Å². The van der Waals surface area contributed by atoms with Crippen LogP contribution in [0, 0.1) is 5.41 Å². The van der Waals surface area contributed by atoms with Gasteiger partial charge in [0.2, 0.25) is 5.75 Å². The number of aryl methyl sites for hydroxylation is 1. The quantitative estimate of drug-likeness (QED) is 0.413. The molecule has 2 aliphatic carbocycles. The van der Waals surface area contributed by atoms with Crippen LogP contribution in [0.5, 0.6) is 17.2 Å². The van der Waals surface area contributed by atoms with Gasteiger partial charge in [-0.3, -0.25) is 9.59 Å². The summed E-state index contributed by atoms with van der Waals surface area (Å²) in [7, 11) is 3.17. The van der Waals surface area contributed by atoms with Gasteiger partial charge in [0.15, 0.2) is 17.3 Å². The summed E-state index contributed by atoms with van der Waals surface area (Å²) in [6.07, 6.45) is 5.29. The molecule has 4 rings (SSSR count). The summed E-state index contributed by atoms with van der Waals surface area (Å²) < 4.78 is 23.4. The smallest absolute Gasteiger partial charge is 0.315 e. The van der Waals surface area contributed by atoms with Crippen LogP contribution in [-0.2, 0) is 16.0 Å². The number of rotatable bonds is 10. The van der Waals surface area contributed by atoms with Crippen molar-refractivity contribution in [1.82, 2.24) is 0 Å². The average Bonchev–Trinajstić information content (AvgIpc) is 3.21. The van der Waals surface area contributed by atoms with E-state index < -0.39 is 5.41 Å². The van der Waals surface area contributed by atoms with E-state index in [1.54, 1.807) is 14.2 Å². The van der Waals surface area contributed by atoms with Gasteiger partial charge in [-0.05, 0) is 55.4 Å². The van der Waals surface area contributed by atoms with Gasteiger partial charge in [0.1, 0.15) is 18.1 Å². The zero-order valence-corrected chi connectivity index (χ0v) is 20.6. The Bertz CT molecular complexity index is 1060. The molecule has 0 atom stereocenters. The Morgan fingerprint density at radius 2 is 1.71 bits per heavy atom. The van der Waals surface area contributed by atoms with Crippen LogP contribution in [0.1, 0.15) is 68.3 Å². The summed E-state index contributed by atoms with van der Waals surface area (Å²) in [5.74, 6) is 1.59. The molecule has 0 spiro atoms. The highest BCUT2D eigenvalue weighted by Crippen LogP contribution is 2.48. The van der Waals surface area contributed by atoms with E-state index in [4.69, 9.17) is 18.9 Å². The van der Waals surface area contributed by atoms with Crippen LogP contribution in [0.3, 0.4) is 0 Å². The van der Waals surface area contributed by atoms with Crippen LogP contribution < -0.4 is 14.2 Å². The summed E-state index contributed by atoms with van der Waals surface area (Å²) >= 11 is 0. The molecule has 182 valence electrons. The highest BCUT2D eigenvalue weighted by molar-refractivity contribution is 6.01. The van der Waals surface area contributed by atoms with Crippen molar-refractivity contribution in [2.75, 3.05) is 20.8 Å². The summed E-state index contributed by atoms with van der Waals surface area (Å²) in [5.41, 5.74) is 2.98. The third-order valence-electron chi connectivity index (χ3n) is 7.26. The number of carbonyl (C=O) groups excluding carboxylic acids is 2. The minimum atomic E-state index is -0.641. The minimum Gasteiger partial charge on any atom is -0.493 e. The van der Waals surface area contributed by atoms with Gasteiger partial charge in [-0.1, -0.05) is 38.5 Å². The van der Waals surface area contributed by atoms with Gasteiger partial charge >= 0.3 is 5.97 Å². The van der Waals surface area contributed by atoms with E-state index in [1.807, 2.05) is 38.1 Å². The molecule has 1 fully saturated rings. The fourth-order valence-corrected chi connectivity index (χ4v) is 4.85. The number of hydrogen-bond donors (Lipinski definition) is 0.